The van der Waals surface area contributed by atoms with Crippen molar-refractivity contribution in [1.29, 1.82) is 0 Å². The summed E-state index contributed by atoms with van der Waals surface area (Å²) in [5.74, 6) is 1.02. The minimum absolute atomic E-state index is 0.0488. The molecule has 0 bridgehead atoms. The summed E-state index contributed by atoms with van der Waals surface area (Å²) in [6.45, 7) is 4.50. The number of carboxylic acid groups (broad SMARTS) is 1. The molecule has 1 heterocycles. The van der Waals surface area contributed by atoms with Crippen molar-refractivity contribution >= 4 is 5.97 Å². The van der Waals surface area contributed by atoms with E-state index in [1.54, 1.807) is 6.07 Å². The largest absolute Gasteiger partial charge is 0.489 e. The van der Waals surface area contributed by atoms with E-state index in [9.17, 15) is 4.79 Å². The van der Waals surface area contributed by atoms with Crippen molar-refractivity contribution < 1.29 is 14.6 Å². The van der Waals surface area contributed by atoms with Crippen LogP contribution in [0, 0.1) is 11.8 Å². The molecule has 0 radical (unpaired) electrons. The van der Waals surface area contributed by atoms with Gasteiger partial charge in [-0.3, -0.25) is 0 Å². The fraction of sp³-hybridized carbons (Fsp3) is 0.571. The van der Waals surface area contributed by atoms with Gasteiger partial charge in [0.2, 0.25) is 0 Å². The van der Waals surface area contributed by atoms with Crippen LogP contribution in [0.3, 0.4) is 0 Å². The van der Waals surface area contributed by atoms with Gasteiger partial charge in [0.05, 0.1) is 12.3 Å². The van der Waals surface area contributed by atoms with Crippen molar-refractivity contribution in [2.24, 2.45) is 11.8 Å². The Morgan fingerprint density at radius 1 is 1.28 bits per heavy atom. The van der Waals surface area contributed by atoms with Crippen molar-refractivity contribution in [2.45, 2.75) is 39.2 Å². The monoisotopic (exact) mass is 249 g/mol. The number of pyridine rings is 1. The number of nitrogens with zero attached hydrogens (tertiary/aromatic N) is 1. The molecule has 18 heavy (non-hydrogen) atoms. The maximum absolute atomic E-state index is 10.7. The van der Waals surface area contributed by atoms with Gasteiger partial charge in [-0.05, 0) is 43.2 Å². The van der Waals surface area contributed by atoms with Gasteiger partial charge < -0.3 is 9.84 Å². The van der Waals surface area contributed by atoms with Gasteiger partial charge in [-0.25, -0.2) is 9.78 Å². The van der Waals surface area contributed by atoms with Gasteiger partial charge in [-0.1, -0.05) is 13.8 Å². The summed E-state index contributed by atoms with van der Waals surface area (Å²) in [7, 11) is 0. The highest BCUT2D eigenvalue weighted by atomic mass is 16.5. The Kier molecular flexibility index (Phi) is 3.84. The van der Waals surface area contributed by atoms with Crippen LogP contribution in [-0.4, -0.2) is 22.2 Å². The second-order valence-electron chi connectivity index (χ2n) is 5.34. The average molecular weight is 249 g/mol. The smallest absolute Gasteiger partial charge is 0.354 e. The van der Waals surface area contributed by atoms with Crippen LogP contribution in [0.2, 0.25) is 0 Å². The van der Waals surface area contributed by atoms with Crippen molar-refractivity contribution in [3.05, 3.63) is 24.0 Å². The molecule has 0 spiro atoms. The number of hydrogen-bond acceptors (Lipinski definition) is 3. The van der Waals surface area contributed by atoms with Crippen LogP contribution in [0.5, 0.6) is 5.75 Å². The Labute approximate surface area is 107 Å². The first-order valence-electron chi connectivity index (χ1n) is 6.40. The maximum atomic E-state index is 10.7. The second-order valence-corrected chi connectivity index (χ2v) is 5.34. The Hall–Kier alpha value is -1.58. The van der Waals surface area contributed by atoms with Crippen LogP contribution in [0.25, 0.3) is 0 Å². The first-order valence-corrected chi connectivity index (χ1v) is 6.40. The fourth-order valence-electron chi connectivity index (χ4n) is 2.74. The number of aromatic nitrogens is 1. The molecule has 1 aliphatic carbocycles. The number of aromatic carboxylic acids is 1. The molecule has 2 atom stereocenters. The Morgan fingerprint density at radius 3 is 2.44 bits per heavy atom. The number of hydrogen-bond donors (Lipinski definition) is 1. The van der Waals surface area contributed by atoms with Crippen molar-refractivity contribution in [3.8, 4) is 5.75 Å². The SMILES string of the molecule is CC1CC(C)CC(Oc2ccc(C(=O)O)nc2)C1. The van der Waals surface area contributed by atoms with E-state index in [4.69, 9.17) is 9.84 Å². The van der Waals surface area contributed by atoms with E-state index in [0.29, 0.717) is 17.6 Å². The van der Waals surface area contributed by atoms with E-state index in [1.807, 2.05) is 0 Å². The molecule has 1 aromatic rings. The summed E-state index contributed by atoms with van der Waals surface area (Å²) in [6.07, 6.45) is 5.10. The molecular weight excluding hydrogens is 230 g/mol. The Balaban J connectivity index is 1.98. The average Bonchev–Trinajstić information content (AvgIpc) is 2.28. The van der Waals surface area contributed by atoms with Gasteiger partial charge in [0.1, 0.15) is 11.4 Å². The third kappa shape index (κ3) is 3.22. The lowest BCUT2D eigenvalue weighted by Gasteiger charge is -2.31. The lowest BCUT2D eigenvalue weighted by atomic mass is 9.82. The molecule has 0 aromatic carbocycles. The molecule has 0 saturated heterocycles. The molecule has 0 aliphatic heterocycles. The molecule has 4 heteroatoms. The number of ether oxygens (including phenoxy) is 1. The van der Waals surface area contributed by atoms with Gasteiger partial charge >= 0.3 is 5.97 Å². The highest BCUT2D eigenvalue weighted by Gasteiger charge is 2.25. The summed E-state index contributed by atoms with van der Waals surface area (Å²) in [5.41, 5.74) is 0.0488. The quantitative estimate of drug-likeness (QED) is 0.894. The molecule has 1 N–H and O–H groups in total. The van der Waals surface area contributed by atoms with E-state index in [-0.39, 0.29) is 11.8 Å². The predicted molar refractivity (Wildman–Crippen MR) is 67.8 cm³/mol. The summed E-state index contributed by atoms with van der Waals surface area (Å²) in [4.78, 5) is 14.5. The summed E-state index contributed by atoms with van der Waals surface area (Å²) >= 11 is 0. The summed E-state index contributed by atoms with van der Waals surface area (Å²) in [6, 6.07) is 3.16. The van der Waals surface area contributed by atoms with Crippen LogP contribution in [-0.2, 0) is 0 Å². The number of carboxylic acids is 1. The zero-order valence-corrected chi connectivity index (χ0v) is 10.8. The molecule has 2 rings (SSSR count). The zero-order valence-electron chi connectivity index (χ0n) is 10.8. The van der Waals surface area contributed by atoms with Gasteiger partial charge in [0.25, 0.3) is 0 Å². The van der Waals surface area contributed by atoms with Gasteiger partial charge in [0, 0.05) is 0 Å². The lowest BCUT2D eigenvalue weighted by molar-refractivity contribution is 0.0690. The van der Waals surface area contributed by atoms with Crippen molar-refractivity contribution in [2.75, 3.05) is 0 Å². The van der Waals surface area contributed by atoms with Crippen molar-refractivity contribution in [1.82, 2.24) is 4.98 Å². The second kappa shape index (κ2) is 5.38. The molecule has 2 unspecified atom stereocenters. The molecule has 0 amide bonds. The first-order chi connectivity index (χ1) is 8.54. The Morgan fingerprint density at radius 2 is 1.94 bits per heavy atom. The molecule has 1 fully saturated rings. The van der Waals surface area contributed by atoms with Crippen molar-refractivity contribution in [3.63, 3.8) is 0 Å². The fourth-order valence-corrected chi connectivity index (χ4v) is 2.74. The van der Waals surface area contributed by atoms with Crippen LogP contribution >= 0.6 is 0 Å². The number of carbonyl (C=O) groups is 1. The highest BCUT2D eigenvalue weighted by Crippen LogP contribution is 2.31. The molecule has 1 aromatic heterocycles. The zero-order chi connectivity index (χ0) is 13.1. The van der Waals surface area contributed by atoms with Crippen LogP contribution in [0.1, 0.15) is 43.6 Å². The van der Waals surface area contributed by atoms with E-state index in [1.165, 1.54) is 18.7 Å². The van der Waals surface area contributed by atoms with Crippen LogP contribution in [0.15, 0.2) is 18.3 Å². The molecule has 1 aliphatic rings. The van der Waals surface area contributed by atoms with Crippen LogP contribution < -0.4 is 4.74 Å². The van der Waals surface area contributed by atoms with Gasteiger partial charge in [-0.2, -0.15) is 0 Å². The normalized spacial score (nSPS) is 27.8. The molecular formula is C14H19NO3. The minimum atomic E-state index is -1.01. The van der Waals surface area contributed by atoms with Crippen LogP contribution in [0.4, 0.5) is 0 Å². The molecule has 98 valence electrons. The summed E-state index contributed by atoms with van der Waals surface area (Å²) < 4.78 is 5.88. The molecule has 4 nitrogen and oxygen atoms in total. The Bertz CT molecular complexity index is 406. The van der Waals surface area contributed by atoms with Gasteiger partial charge in [0.15, 0.2) is 0 Å². The molecule has 1 saturated carbocycles. The topological polar surface area (TPSA) is 59.4 Å². The lowest BCUT2D eigenvalue weighted by Crippen LogP contribution is -2.28. The highest BCUT2D eigenvalue weighted by molar-refractivity contribution is 5.85. The van der Waals surface area contributed by atoms with E-state index >= 15 is 0 Å². The minimum Gasteiger partial charge on any atom is -0.489 e. The maximum Gasteiger partial charge on any atom is 0.354 e. The van der Waals surface area contributed by atoms with E-state index in [0.717, 1.165) is 12.8 Å². The predicted octanol–water partition coefficient (Wildman–Crippen LogP) is 2.98. The van der Waals surface area contributed by atoms with E-state index in [2.05, 4.69) is 18.8 Å². The standard InChI is InChI=1S/C14H19NO3/c1-9-5-10(2)7-12(6-9)18-11-3-4-13(14(16)17)15-8-11/h3-4,8-10,12H,5-7H2,1-2H3,(H,16,17). The third-order valence-corrected chi connectivity index (χ3v) is 3.39. The van der Waals surface area contributed by atoms with E-state index < -0.39 is 5.97 Å². The third-order valence-electron chi connectivity index (χ3n) is 3.39. The van der Waals surface area contributed by atoms with Gasteiger partial charge in [-0.15, -0.1) is 0 Å². The number of rotatable bonds is 3. The first kappa shape index (κ1) is 12.9. The summed E-state index contributed by atoms with van der Waals surface area (Å²) in [5, 5.41) is 8.76.